The van der Waals surface area contributed by atoms with Crippen LogP contribution in [-0.4, -0.2) is 26.4 Å². The van der Waals surface area contributed by atoms with Gasteiger partial charge in [0.05, 0.1) is 15.6 Å². The van der Waals surface area contributed by atoms with Crippen LogP contribution in [0.4, 0.5) is 11.6 Å². The van der Waals surface area contributed by atoms with Gasteiger partial charge in [0.2, 0.25) is 0 Å². The highest BCUT2D eigenvalue weighted by molar-refractivity contribution is 6.35. The molecule has 33 heavy (non-hydrogen) atoms. The number of hydrogen-bond donors (Lipinski definition) is 1. The number of rotatable bonds is 6. The number of pyridine rings is 2. The summed E-state index contributed by atoms with van der Waals surface area (Å²) in [4.78, 5) is 8.39. The number of aromatic nitrogens is 4. The molecule has 170 valence electrons. The predicted octanol–water partition coefficient (Wildman–Crippen LogP) is 6.72. The second kappa shape index (κ2) is 9.55. The smallest absolute Gasteiger partial charge is 0.161 e. The van der Waals surface area contributed by atoms with Gasteiger partial charge < -0.3 is 14.8 Å². The lowest BCUT2D eigenvalue weighted by Gasteiger charge is -2.23. The highest BCUT2D eigenvalue weighted by Crippen LogP contribution is 2.36. The molecule has 9 heteroatoms. The Morgan fingerprint density at radius 3 is 2.73 bits per heavy atom. The topological polar surface area (TPSA) is 74.1 Å². The van der Waals surface area contributed by atoms with Crippen molar-refractivity contribution in [2.75, 3.05) is 11.9 Å². The number of hydrogen-bond acceptors (Lipinski definition) is 6. The molecule has 1 aliphatic rings. The molecule has 3 aromatic heterocycles. The van der Waals surface area contributed by atoms with Crippen molar-refractivity contribution in [2.45, 2.75) is 38.5 Å². The van der Waals surface area contributed by atoms with Crippen LogP contribution in [-0.2, 0) is 4.74 Å². The van der Waals surface area contributed by atoms with Crippen LogP contribution in [0.25, 0.3) is 10.9 Å². The second-order valence-electron chi connectivity index (χ2n) is 7.91. The van der Waals surface area contributed by atoms with Crippen LogP contribution in [0, 0.1) is 0 Å². The first-order valence-corrected chi connectivity index (χ1v) is 11.6. The number of nitrogens with zero attached hydrogens (tertiary/aromatic N) is 4. The Labute approximate surface area is 201 Å². The Morgan fingerprint density at radius 1 is 1.15 bits per heavy atom. The molecule has 1 aromatic carbocycles. The summed E-state index contributed by atoms with van der Waals surface area (Å²) in [7, 11) is 0. The van der Waals surface area contributed by atoms with E-state index < -0.39 is 0 Å². The monoisotopic (exact) mass is 483 g/mol. The second-order valence-corrected chi connectivity index (χ2v) is 8.72. The summed E-state index contributed by atoms with van der Waals surface area (Å²) < 4.78 is 14.2. The molecule has 0 amide bonds. The van der Waals surface area contributed by atoms with Crippen molar-refractivity contribution < 1.29 is 9.47 Å². The first-order valence-electron chi connectivity index (χ1n) is 10.9. The van der Waals surface area contributed by atoms with E-state index in [1.165, 1.54) is 0 Å². The van der Waals surface area contributed by atoms with Crippen molar-refractivity contribution in [2.24, 2.45) is 0 Å². The zero-order valence-corrected chi connectivity index (χ0v) is 19.6. The molecule has 0 bridgehead atoms. The molecule has 0 radical (unpaired) electrons. The Morgan fingerprint density at radius 2 is 2.00 bits per heavy atom. The molecule has 1 saturated heterocycles. The number of ether oxygens (including phenoxy) is 2. The van der Waals surface area contributed by atoms with Gasteiger partial charge in [-0.3, -0.25) is 4.98 Å². The molecule has 7 nitrogen and oxygen atoms in total. The van der Waals surface area contributed by atoms with Crippen molar-refractivity contribution in [3.8, 4) is 5.75 Å². The summed E-state index contributed by atoms with van der Waals surface area (Å²) >= 11 is 12.6. The summed E-state index contributed by atoms with van der Waals surface area (Å²) in [5.74, 6) is 2.08. The van der Waals surface area contributed by atoms with Crippen LogP contribution in [0.3, 0.4) is 0 Å². The Hall–Kier alpha value is -2.87. The van der Waals surface area contributed by atoms with Crippen molar-refractivity contribution in [1.82, 2.24) is 19.7 Å². The average Bonchev–Trinajstić information content (AvgIpc) is 3.18. The lowest BCUT2D eigenvalue weighted by Crippen LogP contribution is -2.19. The van der Waals surface area contributed by atoms with E-state index in [0.29, 0.717) is 33.0 Å². The molecule has 0 spiro atoms. The van der Waals surface area contributed by atoms with Crippen LogP contribution in [0.15, 0.2) is 55.0 Å². The van der Waals surface area contributed by atoms with Crippen molar-refractivity contribution in [1.29, 1.82) is 0 Å². The molecule has 1 aliphatic heterocycles. The molecule has 1 fully saturated rings. The van der Waals surface area contributed by atoms with E-state index in [1.54, 1.807) is 18.6 Å². The summed E-state index contributed by atoms with van der Waals surface area (Å²) in [6, 6.07) is 11.6. The van der Waals surface area contributed by atoms with Crippen LogP contribution < -0.4 is 10.1 Å². The molecule has 1 unspecified atom stereocenters. The Balaban J connectivity index is 1.51. The Bertz CT molecular complexity index is 1240. The molecular formula is C24H23Cl2N5O2. The lowest BCUT2D eigenvalue weighted by molar-refractivity contribution is -0.0365. The van der Waals surface area contributed by atoms with Gasteiger partial charge in [0.1, 0.15) is 17.7 Å². The first kappa shape index (κ1) is 21.9. The van der Waals surface area contributed by atoms with Crippen molar-refractivity contribution >= 4 is 45.7 Å². The van der Waals surface area contributed by atoms with Crippen molar-refractivity contribution in [3.63, 3.8) is 0 Å². The van der Waals surface area contributed by atoms with Crippen LogP contribution in [0.5, 0.6) is 5.75 Å². The van der Waals surface area contributed by atoms with E-state index in [4.69, 9.17) is 37.8 Å². The van der Waals surface area contributed by atoms with E-state index >= 15 is 0 Å². The summed E-state index contributed by atoms with van der Waals surface area (Å²) in [5.41, 5.74) is 1.66. The standard InChI is InChI=1S/C24H23Cl2N5O2/c1-15(23-18(25)13-27-14-19(23)26)33-16-8-9-20-17(12-16)24(29-21-6-2-4-10-28-21)30-31(20)22-7-3-5-11-32-22/h2,4,6,8-10,12-15,22H,3,5,7,11H2,1H3,(H,28,29,30)/t15-,22?/m1/s1. The van der Waals surface area contributed by atoms with Gasteiger partial charge >= 0.3 is 0 Å². The van der Waals surface area contributed by atoms with Crippen LogP contribution in [0.1, 0.15) is 44.1 Å². The minimum atomic E-state index is -0.366. The Kier molecular flexibility index (Phi) is 6.35. The van der Waals surface area contributed by atoms with E-state index in [9.17, 15) is 0 Å². The van der Waals surface area contributed by atoms with Gasteiger partial charge in [-0.05, 0) is 56.5 Å². The van der Waals surface area contributed by atoms with Gasteiger partial charge in [-0.2, -0.15) is 5.10 Å². The minimum Gasteiger partial charge on any atom is -0.486 e. The third kappa shape index (κ3) is 4.62. The highest BCUT2D eigenvalue weighted by Gasteiger charge is 2.22. The van der Waals surface area contributed by atoms with E-state index in [2.05, 4.69) is 15.3 Å². The number of fused-ring (bicyclic) bond motifs is 1. The zero-order chi connectivity index (χ0) is 22.8. The normalized spacial score (nSPS) is 17.1. The fraction of sp³-hybridized carbons (Fsp3) is 0.292. The summed E-state index contributed by atoms with van der Waals surface area (Å²) in [6.07, 6.45) is 7.52. The molecular weight excluding hydrogens is 461 g/mol. The van der Waals surface area contributed by atoms with Crippen molar-refractivity contribution in [3.05, 3.63) is 70.6 Å². The molecule has 0 saturated carbocycles. The number of halogens is 2. The number of nitrogens with one attached hydrogen (secondary N) is 1. The minimum absolute atomic E-state index is 0.0966. The maximum atomic E-state index is 6.32. The summed E-state index contributed by atoms with van der Waals surface area (Å²) in [5, 5.41) is 10.0. The SMILES string of the molecule is C[C@@H](Oc1ccc2c(c1)c(Nc1ccccn1)nn2C1CCCCO1)c1c(Cl)cncc1Cl. The molecule has 4 aromatic rings. The van der Waals surface area contributed by atoms with Crippen LogP contribution >= 0.6 is 23.2 Å². The summed E-state index contributed by atoms with van der Waals surface area (Å²) in [6.45, 7) is 2.64. The molecule has 2 atom stereocenters. The third-order valence-corrected chi connectivity index (χ3v) is 6.23. The zero-order valence-electron chi connectivity index (χ0n) is 18.0. The van der Waals surface area contributed by atoms with Gasteiger partial charge in [-0.1, -0.05) is 29.3 Å². The highest BCUT2D eigenvalue weighted by atomic mass is 35.5. The average molecular weight is 484 g/mol. The maximum absolute atomic E-state index is 6.32. The van der Waals surface area contributed by atoms with Gasteiger partial charge in [-0.25, -0.2) is 9.67 Å². The fourth-order valence-electron chi connectivity index (χ4n) is 4.05. The number of anilines is 2. The van der Waals surface area contributed by atoms with Crippen LogP contribution in [0.2, 0.25) is 10.0 Å². The maximum Gasteiger partial charge on any atom is 0.161 e. The third-order valence-electron chi connectivity index (χ3n) is 5.63. The largest absolute Gasteiger partial charge is 0.486 e. The first-order chi connectivity index (χ1) is 16.1. The lowest BCUT2D eigenvalue weighted by atomic mass is 10.1. The predicted molar refractivity (Wildman–Crippen MR) is 129 cm³/mol. The van der Waals surface area contributed by atoms with Gasteiger partial charge in [0.25, 0.3) is 0 Å². The quantitative estimate of drug-likeness (QED) is 0.328. The molecule has 5 rings (SSSR count). The van der Waals surface area contributed by atoms with Gasteiger partial charge in [-0.15, -0.1) is 0 Å². The van der Waals surface area contributed by atoms with Gasteiger partial charge in [0, 0.05) is 36.1 Å². The van der Waals surface area contributed by atoms with E-state index in [1.807, 2.05) is 48.0 Å². The van der Waals surface area contributed by atoms with E-state index in [-0.39, 0.29) is 12.3 Å². The fourth-order valence-corrected chi connectivity index (χ4v) is 4.72. The molecule has 4 heterocycles. The number of benzene rings is 1. The van der Waals surface area contributed by atoms with E-state index in [0.717, 1.165) is 36.8 Å². The molecule has 1 N–H and O–H groups in total. The van der Waals surface area contributed by atoms with Gasteiger partial charge in [0.15, 0.2) is 12.0 Å². The molecule has 0 aliphatic carbocycles.